The molecule has 0 aliphatic rings. The lowest BCUT2D eigenvalue weighted by molar-refractivity contribution is -0.141. The maximum absolute atomic E-state index is 12.4. The molecular weight excluding hydrogens is 248 g/mol. The highest BCUT2D eigenvalue weighted by molar-refractivity contribution is 6.03. The number of hydrogen-bond acceptors (Lipinski definition) is 4. The van der Waals surface area contributed by atoms with Gasteiger partial charge in [-0.3, -0.25) is 9.59 Å². The first-order valence-corrected chi connectivity index (χ1v) is 6.22. The minimum Gasteiger partial charge on any atom is -0.409 e. The van der Waals surface area contributed by atoms with E-state index in [1.807, 2.05) is 13.8 Å². The van der Waals surface area contributed by atoms with Gasteiger partial charge in [0.1, 0.15) is 5.92 Å². The highest BCUT2D eigenvalue weighted by atomic mass is 16.4. The molecule has 1 atom stereocenters. The second kappa shape index (κ2) is 7.60. The van der Waals surface area contributed by atoms with Crippen molar-refractivity contribution in [2.75, 3.05) is 27.2 Å². The Morgan fingerprint density at radius 1 is 1.32 bits per heavy atom. The van der Waals surface area contributed by atoms with Gasteiger partial charge in [-0.2, -0.15) is 0 Å². The number of amides is 2. The first kappa shape index (κ1) is 17.2. The summed E-state index contributed by atoms with van der Waals surface area (Å²) >= 11 is 0. The quantitative estimate of drug-likeness (QED) is 0.306. The monoisotopic (exact) mass is 272 g/mol. The third-order valence-electron chi connectivity index (χ3n) is 2.89. The van der Waals surface area contributed by atoms with E-state index in [1.54, 1.807) is 21.0 Å². The summed E-state index contributed by atoms with van der Waals surface area (Å²) in [5.74, 6) is -1.44. The molecule has 0 aromatic heterocycles. The van der Waals surface area contributed by atoms with Crippen molar-refractivity contribution in [2.45, 2.75) is 20.8 Å². The van der Waals surface area contributed by atoms with Gasteiger partial charge in [0.25, 0.3) is 0 Å². The van der Waals surface area contributed by atoms with E-state index in [0.717, 1.165) is 0 Å². The fourth-order valence-electron chi connectivity index (χ4n) is 1.66. The molecule has 19 heavy (non-hydrogen) atoms. The second-order valence-corrected chi connectivity index (χ2v) is 4.89. The van der Waals surface area contributed by atoms with E-state index in [-0.39, 0.29) is 30.1 Å². The maximum Gasteiger partial charge on any atom is 0.241 e. The molecule has 0 bridgehead atoms. The van der Waals surface area contributed by atoms with Gasteiger partial charge in [-0.15, -0.1) is 0 Å². The Balaban J connectivity index is 5.04. The van der Waals surface area contributed by atoms with E-state index < -0.39 is 5.92 Å². The number of hydrogen-bond donors (Lipinski definition) is 2. The molecule has 0 aliphatic carbocycles. The summed E-state index contributed by atoms with van der Waals surface area (Å²) < 4.78 is 0. The largest absolute Gasteiger partial charge is 0.409 e. The van der Waals surface area contributed by atoms with Crippen LogP contribution in [0.4, 0.5) is 0 Å². The number of oxime groups is 1. The second-order valence-electron chi connectivity index (χ2n) is 4.89. The molecule has 0 rings (SSSR count). The van der Waals surface area contributed by atoms with Crippen LogP contribution in [0, 0.1) is 11.8 Å². The lowest BCUT2D eigenvalue weighted by Crippen LogP contribution is -2.47. The molecule has 3 N–H and O–H groups in total. The van der Waals surface area contributed by atoms with Gasteiger partial charge >= 0.3 is 0 Å². The van der Waals surface area contributed by atoms with Crippen molar-refractivity contribution in [3.8, 4) is 0 Å². The zero-order chi connectivity index (χ0) is 15.2. The Bertz CT molecular complexity index is 353. The fraction of sp³-hybridized carbons (Fsp3) is 0.750. The smallest absolute Gasteiger partial charge is 0.241 e. The third-order valence-corrected chi connectivity index (χ3v) is 2.89. The molecule has 0 saturated heterocycles. The van der Waals surface area contributed by atoms with Crippen LogP contribution in [0.3, 0.4) is 0 Å². The normalized spacial score (nSPS) is 13.3. The lowest BCUT2D eigenvalue weighted by atomic mass is 9.93. The number of carbonyl (C=O) groups excluding carboxylic acids is 2. The Hall–Kier alpha value is -1.79. The number of nitrogens with zero attached hydrogens (tertiary/aromatic N) is 3. The molecule has 0 aromatic carbocycles. The summed E-state index contributed by atoms with van der Waals surface area (Å²) in [5.41, 5.74) is 5.56. The van der Waals surface area contributed by atoms with Gasteiger partial charge in [0.15, 0.2) is 5.84 Å². The fourth-order valence-corrected chi connectivity index (χ4v) is 1.66. The molecule has 2 amide bonds. The molecule has 7 heteroatoms. The molecule has 0 spiro atoms. The van der Waals surface area contributed by atoms with Crippen molar-refractivity contribution >= 4 is 17.6 Å². The SMILES string of the molecule is CCN(CC(=O)N(C)C)C(=O)C(C(N)=NO)C(C)C. The number of likely N-dealkylation sites (N-methyl/N-ethyl adjacent to an activating group) is 2. The van der Waals surface area contributed by atoms with Crippen molar-refractivity contribution in [3.05, 3.63) is 0 Å². The summed E-state index contributed by atoms with van der Waals surface area (Å²) in [4.78, 5) is 26.9. The van der Waals surface area contributed by atoms with E-state index >= 15 is 0 Å². The Labute approximate surface area is 114 Å². The van der Waals surface area contributed by atoms with Crippen molar-refractivity contribution in [3.63, 3.8) is 0 Å². The Morgan fingerprint density at radius 2 is 1.84 bits per heavy atom. The van der Waals surface area contributed by atoms with Crippen LogP contribution in [0.2, 0.25) is 0 Å². The minimum atomic E-state index is -0.722. The van der Waals surface area contributed by atoms with Crippen molar-refractivity contribution in [1.82, 2.24) is 9.80 Å². The average Bonchev–Trinajstić information content (AvgIpc) is 2.34. The van der Waals surface area contributed by atoms with Gasteiger partial charge in [-0.1, -0.05) is 19.0 Å². The molecular formula is C12H24N4O3. The molecule has 0 aromatic rings. The summed E-state index contributed by atoms with van der Waals surface area (Å²) in [6.07, 6.45) is 0. The van der Waals surface area contributed by atoms with Crippen LogP contribution in [0.5, 0.6) is 0 Å². The molecule has 0 radical (unpaired) electrons. The molecule has 1 unspecified atom stereocenters. The highest BCUT2D eigenvalue weighted by Gasteiger charge is 2.31. The van der Waals surface area contributed by atoms with Crippen LogP contribution >= 0.6 is 0 Å². The number of carbonyl (C=O) groups is 2. The van der Waals surface area contributed by atoms with Crippen molar-refractivity contribution in [2.24, 2.45) is 22.7 Å². The summed E-state index contributed by atoms with van der Waals surface area (Å²) in [5, 5.41) is 11.7. The third kappa shape index (κ3) is 4.76. The van der Waals surface area contributed by atoms with Gasteiger partial charge in [0.05, 0.1) is 6.54 Å². The summed E-state index contributed by atoms with van der Waals surface area (Å²) in [7, 11) is 3.26. The van der Waals surface area contributed by atoms with Crippen LogP contribution in [0.15, 0.2) is 5.16 Å². The molecule has 7 nitrogen and oxygen atoms in total. The predicted octanol–water partition coefficient (Wildman–Crippen LogP) is -0.0583. The molecule has 0 aliphatic heterocycles. The van der Waals surface area contributed by atoms with Crippen LogP contribution in [-0.4, -0.2) is 59.8 Å². The zero-order valence-electron chi connectivity index (χ0n) is 12.3. The average molecular weight is 272 g/mol. The Morgan fingerprint density at radius 3 is 2.16 bits per heavy atom. The van der Waals surface area contributed by atoms with Gasteiger partial charge in [0, 0.05) is 20.6 Å². The number of nitrogens with two attached hydrogens (primary N) is 1. The molecule has 0 heterocycles. The number of amidine groups is 1. The van der Waals surface area contributed by atoms with Crippen molar-refractivity contribution in [1.29, 1.82) is 0 Å². The van der Waals surface area contributed by atoms with E-state index in [1.165, 1.54) is 9.80 Å². The Kier molecular flexibility index (Phi) is 6.89. The van der Waals surface area contributed by atoms with Gasteiger partial charge < -0.3 is 20.7 Å². The van der Waals surface area contributed by atoms with Gasteiger partial charge in [0.2, 0.25) is 11.8 Å². The first-order valence-electron chi connectivity index (χ1n) is 6.22. The van der Waals surface area contributed by atoms with Gasteiger partial charge in [-0.05, 0) is 12.8 Å². The van der Waals surface area contributed by atoms with Crippen molar-refractivity contribution < 1.29 is 14.8 Å². The number of rotatable bonds is 6. The lowest BCUT2D eigenvalue weighted by Gasteiger charge is -2.28. The van der Waals surface area contributed by atoms with Crippen LogP contribution in [0.1, 0.15) is 20.8 Å². The van der Waals surface area contributed by atoms with Crippen LogP contribution < -0.4 is 5.73 Å². The van der Waals surface area contributed by atoms with Crippen LogP contribution in [0.25, 0.3) is 0 Å². The van der Waals surface area contributed by atoms with Gasteiger partial charge in [-0.25, -0.2) is 0 Å². The van der Waals surface area contributed by atoms with E-state index in [0.29, 0.717) is 6.54 Å². The van der Waals surface area contributed by atoms with E-state index in [2.05, 4.69) is 5.16 Å². The molecule has 0 fully saturated rings. The predicted molar refractivity (Wildman–Crippen MR) is 72.7 cm³/mol. The van der Waals surface area contributed by atoms with E-state index in [4.69, 9.17) is 10.9 Å². The first-order chi connectivity index (χ1) is 8.76. The molecule has 0 saturated carbocycles. The maximum atomic E-state index is 12.4. The van der Waals surface area contributed by atoms with Crippen LogP contribution in [-0.2, 0) is 9.59 Å². The topological polar surface area (TPSA) is 99.2 Å². The highest BCUT2D eigenvalue weighted by Crippen LogP contribution is 2.15. The zero-order valence-corrected chi connectivity index (χ0v) is 12.3. The summed E-state index contributed by atoms with van der Waals surface area (Å²) in [6, 6.07) is 0. The summed E-state index contributed by atoms with van der Waals surface area (Å²) in [6.45, 7) is 5.78. The standard InChI is InChI=1S/C12H24N4O3/c1-6-16(7-9(17)15(4)5)12(18)10(8(2)3)11(13)14-19/h8,10,19H,6-7H2,1-5H3,(H2,13,14). The van der Waals surface area contributed by atoms with E-state index in [9.17, 15) is 9.59 Å². The minimum absolute atomic E-state index is 0.00966. The molecule has 110 valence electrons.